The van der Waals surface area contributed by atoms with Gasteiger partial charge in [-0.3, -0.25) is 0 Å². The second kappa shape index (κ2) is 5.21. The van der Waals surface area contributed by atoms with Crippen molar-refractivity contribution >= 4 is 34.0 Å². The minimum absolute atomic E-state index is 0.325. The number of carbonyl (C=O) groups excluding carboxylic acids is 1. The molecule has 0 aliphatic carbocycles. The van der Waals surface area contributed by atoms with Crippen LogP contribution in [0, 0.1) is 0 Å². The first-order valence-corrected chi connectivity index (χ1v) is 6.64. The topological polar surface area (TPSA) is 31.2 Å². The van der Waals surface area contributed by atoms with Crippen LogP contribution in [0.2, 0.25) is 0 Å². The van der Waals surface area contributed by atoms with E-state index in [1.165, 1.54) is 16.8 Å². The fourth-order valence-electron chi connectivity index (χ4n) is 2.44. The average Bonchev–Trinajstić information content (AvgIpc) is 2.80. The van der Waals surface area contributed by atoms with Crippen LogP contribution in [0.1, 0.15) is 6.92 Å². The molecule has 0 unspecified atom stereocenters. The van der Waals surface area contributed by atoms with Crippen LogP contribution in [0.3, 0.4) is 0 Å². The van der Waals surface area contributed by atoms with E-state index < -0.39 is 0 Å². The van der Waals surface area contributed by atoms with Gasteiger partial charge in [0, 0.05) is 23.0 Å². The largest absolute Gasteiger partial charge is 0.463 e. The number of hydrogen-bond acceptors (Lipinski definition) is 2. The molecule has 1 aromatic heterocycles. The first-order chi connectivity index (χ1) is 9.81. The second-order valence-electron chi connectivity index (χ2n) is 4.47. The Kier molecular flexibility index (Phi) is 3.25. The Bertz CT molecular complexity index is 746. The van der Waals surface area contributed by atoms with Gasteiger partial charge in [0.1, 0.15) is 0 Å². The number of hydrogen-bond donors (Lipinski definition) is 0. The number of aromatic nitrogens is 1. The van der Waals surface area contributed by atoms with Gasteiger partial charge in [-0.25, -0.2) is 4.79 Å². The summed E-state index contributed by atoms with van der Waals surface area (Å²) in [6.07, 6.45) is 3.23. The van der Waals surface area contributed by atoms with Crippen molar-refractivity contribution in [2.75, 3.05) is 6.61 Å². The van der Waals surface area contributed by atoms with Gasteiger partial charge in [-0.1, -0.05) is 36.4 Å². The van der Waals surface area contributed by atoms with Crippen LogP contribution >= 0.6 is 0 Å². The molecule has 3 rings (SSSR count). The van der Waals surface area contributed by atoms with Gasteiger partial charge in [-0.05, 0) is 19.1 Å². The smallest absolute Gasteiger partial charge is 0.332 e. The molecular weight excluding hydrogens is 250 g/mol. The minimum atomic E-state index is -0.325. The summed E-state index contributed by atoms with van der Waals surface area (Å²) in [5.74, 6) is -0.325. The number of para-hydroxylation sites is 2. The van der Waals surface area contributed by atoms with E-state index in [0.29, 0.717) is 6.61 Å². The van der Waals surface area contributed by atoms with Gasteiger partial charge in [0.2, 0.25) is 0 Å². The van der Waals surface area contributed by atoms with Crippen LogP contribution in [-0.4, -0.2) is 17.1 Å². The molecule has 0 bridgehead atoms. The summed E-state index contributed by atoms with van der Waals surface area (Å²) in [6, 6.07) is 16.3. The van der Waals surface area contributed by atoms with Crippen molar-refractivity contribution < 1.29 is 9.53 Å². The van der Waals surface area contributed by atoms with Gasteiger partial charge in [-0.2, -0.15) is 0 Å². The summed E-state index contributed by atoms with van der Waals surface area (Å²) < 4.78 is 6.94. The predicted molar refractivity (Wildman–Crippen MR) is 81.4 cm³/mol. The normalized spacial score (nSPS) is 11.4. The SMILES string of the molecule is CCOC(=O)/C=C/n1c2ccccc2c2ccccc21. The van der Waals surface area contributed by atoms with Gasteiger partial charge in [0.15, 0.2) is 0 Å². The molecular formula is C17H15NO2. The van der Waals surface area contributed by atoms with E-state index in [2.05, 4.69) is 12.1 Å². The zero-order valence-electron chi connectivity index (χ0n) is 11.2. The monoisotopic (exact) mass is 265 g/mol. The molecule has 0 aliphatic heterocycles. The molecule has 0 amide bonds. The molecule has 0 fully saturated rings. The fourth-order valence-corrected chi connectivity index (χ4v) is 2.44. The summed E-state index contributed by atoms with van der Waals surface area (Å²) in [7, 11) is 0. The molecule has 2 aromatic carbocycles. The third kappa shape index (κ3) is 2.07. The number of fused-ring (bicyclic) bond motifs is 3. The number of rotatable bonds is 3. The molecule has 0 N–H and O–H groups in total. The molecule has 0 aliphatic rings. The molecule has 3 aromatic rings. The van der Waals surface area contributed by atoms with Gasteiger partial charge < -0.3 is 9.30 Å². The number of carbonyl (C=O) groups is 1. The maximum atomic E-state index is 11.5. The quantitative estimate of drug-likeness (QED) is 0.532. The molecule has 1 heterocycles. The van der Waals surface area contributed by atoms with Crippen molar-refractivity contribution in [2.24, 2.45) is 0 Å². The molecule has 3 heteroatoms. The van der Waals surface area contributed by atoms with E-state index in [9.17, 15) is 4.79 Å². The Morgan fingerprint density at radius 2 is 1.60 bits per heavy atom. The van der Waals surface area contributed by atoms with Crippen molar-refractivity contribution in [1.29, 1.82) is 0 Å². The molecule has 3 nitrogen and oxygen atoms in total. The summed E-state index contributed by atoms with van der Waals surface area (Å²) in [5.41, 5.74) is 2.16. The third-order valence-electron chi connectivity index (χ3n) is 3.26. The lowest BCUT2D eigenvalue weighted by Crippen LogP contribution is -1.99. The van der Waals surface area contributed by atoms with Crippen LogP contribution in [0.5, 0.6) is 0 Å². The summed E-state index contributed by atoms with van der Waals surface area (Å²) in [4.78, 5) is 11.5. The van der Waals surface area contributed by atoms with Gasteiger partial charge in [0.05, 0.1) is 17.6 Å². The molecule has 20 heavy (non-hydrogen) atoms. The standard InChI is InChI=1S/C17H15NO2/c1-2-20-17(19)11-12-18-15-9-5-3-7-13(15)14-8-4-6-10-16(14)18/h3-12H,2H2,1H3/b12-11+. The Morgan fingerprint density at radius 1 is 1.05 bits per heavy atom. The Balaban J connectivity index is 2.19. The van der Waals surface area contributed by atoms with Crippen LogP contribution in [0.4, 0.5) is 0 Å². The Hall–Kier alpha value is -2.55. The predicted octanol–water partition coefficient (Wildman–Crippen LogP) is 3.83. The van der Waals surface area contributed by atoms with E-state index in [0.717, 1.165) is 11.0 Å². The lowest BCUT2D eigenvalue weighted by Gasteiger charge is -2.00. The number of nitrogens with zero attached hydrogens (tertiary/aromatic N) is 1. The Labute approximate surface area is 117 Å². The van der Waals surface area contributed by atoms with E-state index in [-0.39, 0.29) is 5.97 Å². The van der Waals surface area contributed by atoms with Crippen molar-refractivity contribution in [3.8, 4) is 0 Å². The first kappa shape index (κ1) is 12.5. The maximum Gasteiger partial charge on any atom is 0.332 e. The second-order valence-corrected chi connectivity index (χ2v) is 4.47. The highest BCUT2D eigenvalue weighted by Gasteiger charge is 2.07. The zero-order valence-corrected chi connectivity index (χ0v) is 11.2. The zero-order chi connectivity index (χ0) is 13.9. The van der Waals surface area contributed by atoms with Gasteiger partial charge in [-0.15, -0.1) is 0 Å². The highest BCUT2D eigenvalue weighted by Crippen LogP contribution is 2.28. The molecule has 100 valence electrons. The molecule has 0 saturated heterocycles. The van der Waals surface area contributed by atoms with E-state index in [4.69, 9.17) is 4.74 Å². The lowest BCUT2D eigenvalue weighted by molar-refractivity contribution is -0.137. The van der Waals surface area contributed by atoms with E-state index in [1.54, 1.807) is 13.1 Å². The number of benzene rings is 2. The van der Waals surface area contributed by atoms with E-state index >= 15 is 0 Å². The average molecular weight is 265 g/mol. The van der Waals surface area contributed by atoms with Crippen LogP contribution in [-0.2, 0) is 9.53 Å². The highest BCUT2D eigenvalue weighted by molar-refractivity contribution is 6.09. The summed E-state index contributed by atoms with van der Waals surface area (Å²) >= 11 is 0. The third-order valence-corrected chi connectivity index (χ3v) is 3.26. The van der Waals surface area contributed by atoms with Crippen molar-refractivity contribution in [3.05, 3.63) is 54.6 Å². The molecule has 0 saturated carbocycles. The molecule has 0 atom stereocenters. The highest BCUT2D eigenvalue weighted by atomic mass is 16.5. The summed E-state index contributed by atoms with van der Waals surface area (Å²) in [6.45, 7) is 2.18. The molecule has 0 spiro atoms. The van der Waals surface area contributed by atoms with Gasteiger partial charge in [0.25, 0.3) is 0 Å². The van der Waals surface area contributed by atoms with Gasteiger partial charge >= 0.3 is 5.97 Å². The maximum absolute atomic E-state index is 11.5. The number of esters is 1. The van der Waals surface area contributed by atoms with E-state index in [1.807, 2.05) is 41.0 Å². The minimum Gasteiger partial charge on any atom is -0.463 e. The lowest BCUT2D eigenvalue weighted by atomic mass is 10.2. The van der Waals surface area contributed by atoms with Crippen LogP contribution < -0.4 is 0 Å². The fraction of sp³-hybridized carbons (Fsp3) is 0.118. The van der Waals surface area contributed by atoms with Crippen molar-refractivity contribution in [2.45, 2.75) is 6.92 Å². The molecule has 0 radical (unpaired) electrons. The van der Waals surface area contributed by atoms with Crippen LogP contribution in [0.15, 0.2) is 54.6 Å². The van der Waals surface area contributed by atoms with Crippen molar-refractivity contribution in [3.63, 3.8) is 0 Å². The van der Waals surface area contributed by atoms with Crippen molar-refractivity contribution in [1.82, 2.24) is 4.57 Å². The number of ether oxygens (including phenoxy) is 1. The summed E-state index contributed by atoms with van der Waals surface area (Å²) in [5, 5.41) is 2.35. The van der Waals surface area contributed by atoms with Crippen LogP contribution in [0.25, 0.3) is 28.0 Å². The Morgan fingerprint density at radius 3 is 2.15 bits per heavy atom. The first-order valence-electron chi connectivity index (χ1n) is 6.64.